The van der Waals surface area contributed by atoms with E-state index < -0.39 is 0 Å². The fourth-order valence-electron chi connectivity index (χ4n) is 2.33. The van der Waals surface area contributed by atoms with Crippen LogP contribution in [0.5, 0.6) is 0 Å². The summed E-state index contributed by atoms with van der Waals surface area (Å²) < 4.78 is 0. The molecule has 7 heteroatoms. The van der Waals surface area contributed by atoms with Gasteiger partial charge in [-0.05, 0) is 0 Å². The molecule has 0 bridgehead atoms. The first-order chi connectivity index (χ1) is 8.88. The van der Waals surface area contributed by atoms with Crippen LogP contribution in [0.25, 0.3) is 11.0 Å². The summed E-state index contributed by atoms with van der Waals surface area (Å²) in [6, 6.07) is 0. The average molecular weight is 248 g/mol. The molecule has 2 aromatic heterocycles. The van der Waals surface area contributed by atoms with Gasteiger partial charge in [0.05, 0.1) is 18.2 Å². The van der Waals surface area contributed by atoms with Crippen LogP contribution in [0.4, 0.5) is 5.82 Å². The molecule has 0 aliphatic carbocycles. The van der Waals surface area contributed by atoms with Crippen LogP contribution in [0, 0.1) is 0 Å². The van der Waals surface area contributed by atoms with Gasteiger partial charge in [0.25, 0.3) is 0 Å². The predicted octanol–water partition coefficient (Wildman–Crippen LogP) is -0.533. The molecule has 0 amide bonds. The molecule has 0 atom stereocenters. The summed E-state index contributed by atoms with van der Waals surface area (Å²) in [6.45, 7) is 4.70. The Morgan fingerprint density at radius 1 is 1.22 bits per heavy atom. The minimum absolute atomic E-state index is 0.222. The van der Waals surface area contributed by atoms with Gasteiger partial charge in [-0.15, -0.1) is 0 Å². The van der Waals surface area contributed by atoms with Gasteiger partial charge in [-0.1, -0.05) is 0 Å². The first kappa shape index (κ1) is 11.4. The number of β-amino-alcohol motifs (C(OH)–C–C–N with tert-alkyl or cyclic N) is 1. The molecule has 1 saturated heterocycles. The zero-order chi connectivity index (χ0) is 12.4. The number of hydrogen-bond acceptors (Lipinski definition) is 6. The summed E-state index contributed by atoms with van der Waals surface area (Å²) in [7, 11) is 0. The number of aromatic amines is 1. The lowest BCUT2D eigenvalue weighted by Crippen LogP contribution is -2.47. The van der Waals surface area contributed by atoms with Crippen LogP contribution < -0.4 is 4.90 Å². The molecule has 96 valence electrons. The monoisotopic (exact) mass is 248 g/mol. The number of nitrogens with zero attached hydrogens (tertiary/aromatic N) is 5. The normalized spacial score (nSPS) is 17.5. The van der Waals surface area contributed by atoms with E-state index in [1.54, 1.807) is 12.5 Å². The minimum Gasteiger partial charge on any atom is -0.395 e. The van der Waals surface area contributed by atoms with Gasteiger partial charge in [-0.2, -0.15) is 5.10 Å². The van der Waals surface area contributed by atoms with Crippen molar-refractivity contribution in [1.82, 2.24) is 25.1 Å². The average Bonchev–Trinajstić information content (AvgIpc) is 2.88. The second-order valence-electron chi connectivity index (χ2n) is 4.38. The molecule has 1 aliphatic heterocycles. The molecular weight excluding hydrogens is 232 g/mol. The fraction of sp³-hybridized carbons (Fsp3) is 0.545. The second-order valence-corrected chi connectivity index (χ2v) is 4.38. The molecule has 2 N–H and O–H groups in total. The van der Waals surface area contributed by atoms with E-state index in [1.807, 2.05) is 0 Å². The summed E-state index contributed by atoms with van der Waals surface area (Å²) >= 11 is 0. The number of aromatic nitrogens is 4. The molecule has 3 heterocycles. The van der Waals surface area contributed by atoms with Crippen LogP contribution in [0.1, 0.15) is 0 Å². The van der Waals surface area contributed by atoms with Crippen molar-refractivity contribution in [2.24, 2.45) is 0 Å². The van der Waals surface area contributed by atoms with Gasteiger partial charge in [0.2, 0.25) is 0 Å². The Morgan fingerprint density at radius 2 is 2.06 bits per heavy atom. The number of piperazine rings is 1. The van der Waals surface area contributed by atoms with Gasteiger partial charge in [0, 0.05) is 32.7 Å². The van der Waals surface area contributed by atoms with E-state index in [2.05, 4.69) is 30.0 Å². The second kappa shape index (κ2) is 4.87. The molecule has 0 spiro atoms. The lowest BCUT2D eigenvalue weighted by molar-refractivity contribution is 0.188. The lowest BCUT2D eigenvalue weighted by atomic mass is 10.3. The number of H-pyrrole nitrogens is 1. The molecule has 0 aromatic carbocycles. The zero-order valence-electron chi connectivity index (χ0n) is 10.1. The van der Waals surface area contributed by atoms with E-state index in [4.69, 9.17) is 5.11 Å². The molecule has 18 heavy (non-hydrogen) atoms. The van der Waals surface area contributed by atoms with E-state index in [0.717, 1.165) is 49.6 Å². The number of fused-ring (bicyclic) bond motifs is 1. The van der Waals surface area contributed by atoms with Gasteiger partial charge in [-0.25, -0.2) is 9.97 Å². The zero-order valence-corrected chi connectivity index (χ0v) is 10.1. The Balaban J connectivity index is 1.78. The number of rotatable bonds is 3. The maximum Gasteiger partial charge on any atom is 0.160 e. The molecule has 7 nitrogen and oxygen atoms in total. The van der Waals surface area contributed by atoms with Crippen LogP contribution >= 0.6 is 0 Å². The Labute approximate surface area is 104 Å². The molecule has 2 aromatic rings. The molecule has 1 aliphatic rings. The third-order valence-corrected chi connectivity index (χ3v) is 3.32. The maximum absolute atomic E-state index is 8.93. The van der Waals surface area contributed by atoms with E-state index >= 15 is 0 Å². The van der Waals surface area contributed by atoms with Gasteiger partial charge in [0.1, 0.15) is 12.1 Å². The highest BCUT2D eigenvalue weighted by Crippen LogP contribution is 2.21. The van der Waals surface area contributed by atoms with Crippen molar-refractivity contribution in [2.75, 3.05) is 44.2 Å². The van der Waals surface area contributed by atoms with Crippen LogP contribution in [-0.4, -0.2) is 69.5 Å². The van der Waals surface area contributed by atoms with E-state index in [-0.39, 0.29) is 6.61 Å². The number of nitrogens with one attached hydrogen (secondary N) is 1. The summed E-state index contributed by atoms with van der Waals surface area (Å²) in [6.07, 6.45) is 3.33. The van der Waals surface area contributed by atoms with Gasteiger partial charge < -0.3 is 10.0 Å². The number of aliphatic hydroxyl groups is 1. The number of hydrogen-bond donors (Lipinski definition) is 2. The van der Waals surface area contributed by atoms with Gasteiger partial charge in [-0.3, -0.25) is 10.00 Å². The highest BCUT2D eigenvalue weighted by molar-refractivity contribution is 5.86. The van der Waals surface area contributed by atoms with E-state index in [0.29, 0.717) is 0 Å². The van der Waals surface area contributed by atoms with Crippen molar-refractivity contribution in [1.29, 1.82) is 0 Å². The van der Waals surface area contributed by atoms with Gasteiger partial charge >= 0.3 is 0 Å². The highest BCUT2D eigenvalue weighted by Gasteiger charge is 2.19. The van der Waals surface area contributed by atoms with Gasteiger partial charge in [0.15, 0.2) is 5.65 Å². The van der Waals surface area contributed by atoms with Crippen LogP contribution in [0.3, 0.4) is 0 Å². The van der Waals surface area contributed by atoms with Crippen LogP contribution in [0.15, 0.2) is 12.5 Å². The summed E-state index contributed by atoms with van der Waals surface area (Å²) in [5.41, 5.74) is 0.776. The third kappa shape index (κ3) is 2.02. The lowest BCUT2D eigenvalue weighted by Gasteiger charge is -2.35. The van der Waals surface area contributed by atoms with E-state index in [9.17, 15) is 0 Å². The smallest absolute Gasteiger partial charge is 0.160 e. The first-order valence-corrected chi connectivity index (χ1v) is 6.11. The van der Waals surface area contributed by atoms with Crippen LogP contribution in [-0.2, 0) is 0 Å². The Morgan fingerprint density at radius 3 is 2.83 bits per heavy atom. The quantitative estimate of drug-likeness (QED) is 0.760. The van der Waals surface area contributed by atoms with Crippen LogP contribution in [0.2, 0.25) is 0 Å². The van der Waals surface area contributed by atoms with Crippen molar-refractivity contribution >= 4 is 16.9 Å². The summed E-state index contributed by atoms with van der Waals surface area (Å²) in [4.78, 5) is 13.0. The molecule has 3 rings (SSSR count). The van der Waals surface area contributed by atoms with Crippen molar-refractivity contribution in [3.8, 4) is 0 Å². The standard InChI is InChI=1S/C11H16N6O/c18-6-5-16-1-3-17(4-2-16)11-9-7-14-15-10(9)12-8-13-11/h7-8,18H,1-6H2,(H,12,13,14,15). The van der Waals surface area contributed by atoms with E-state index in [1.165, 1.54) is 0 Å². The fourth-order valence-corrected chi connectivity index (χ4v) is 2.33. The maximum atomic E-state index is 8.93. The number of anilines is 1. The van der Waals surface area contributed by atoms with Crippen molar-refractivity contribution in [2.45, 2.75) is 0 Å². The topological polar surface area (TPSA) is 81.2 Å². The van der Waals surface area contributed by atoms with Crippen molar-refractivity contribution in [3.05, 3.63) is 12.5 Å². The Kier molecular flexibility index (Phi) is 3.07. The number of aliphatic hydroxyl groups excluding tert-OH is 1. The van der Waals surface area contributed by atoms with Crippen molar-refractivity contribution in [3.63, 3.8) is 0 Å². The first-order valence-electron chi connectivity index (χ1n) is 6.11. The Hall–Kier alpha value is -1.73. The highest BCUT2D eigenvalue weighted by atomic mass is 16.3. The third-order valence-electron chi connectivity index (χ3n) is 3.32. The molecule has 1 fully saturated rings. The molecule has 0 radical (unpaired) electrons. The predicted molar refractivity (Wildman–Crippen MR) is 67.4 cm³/mol. The summed E-state index contributed by atoms with van der Waals surface area (Å²) in [5.74, 6) is 0.942. The Bertz CT molecular complexity index is 519. The minimum atomic E-state index is 0.222. The SMILES string of the molecule is OCCN1CCN(c2ncnc3[nH]ncc23)CC1. The summed E-state index contributed by atoms with van der Waals surface area (Å²) in [5, 5.41) is 16.8. The molecule has 0 saturated carbocycles. The van der Waals surface area contributed by atoms with Crippen molar-refractivity contribution < 1.29 is 5.11 Å². The largest absolute Gasteiger partial charge is 0.395 e. The molecule has 0 unspecified atom stereocenters. The molecular formula is C11H16N6O.